The van der Waals surface area contributed by atoms with Crippen LogP contribution in [0.5, 0.6) is 0 Å². The molecule has 1 aromatic carbocycles. The number of hydrogen-bond acceptors (Lipinski definition) is 2. The molecular formula is C15H23ClN3O2+. The molecule has 0 radical (unpaired) electrons. The second-order valence-corrected chi connectivity index (χ2v) is 5.55. The summed E-state index contributed by atoms with van der Waals surface area (Å²) >= 11 is 5.94. The number of hydrogen-bond donors (Lipinski definition) is 3. The lowest BCUT2D eigenvalue weighted by Crippen LogP contribution is -2.87. The molecule has 5 nitrogen and oxygen atoms in total. The zero-order valence-electron chi connectivity index (χ0n) is 12.7. The zero-order chi connectivity index (χ0) is 15.8. The first-order valence-corrected chi connectivity index (χ1v) is 7.49. The van der Waals surface area contributed by atoms with Crippen molar-refractivity contribution in [1.29, 1.82) is 0 Å². The van der Waals surface area contributed by atoms with Gasteiger partial charge in [0.2, 0.25) is 0 Å². The Bertz CT molecular complexity index is 494. The van der Waals surface area contributed by atoms with Crippen molar-refractivity contribution in [2.24, 2.45) is 0 Å². The number of benzene rings is 1. The predicted molar refractivity (Wildman–Crippen MR) is 83.1 cm³/mol. The highest BCUT2D eigenvalue weighted by Crippen LogP contribution is 2.14. The first-order valence-electron chi connectivity index (χ1n) is 7.11. The van der Waals surface area contributed by atoms with Gasteiger partial charge in [-0.1, -0.05) is 30.7 Å². The minimum atomic E-state index is -0.446. The fourth-order valence-corrected chi connectivity index (χ4v) is 1.95. The lowest BCUT2D eigenvalue weighted by molar-refractivity contribution is -0.682. The molecule has 0 heterocycles. The van der Waals surface area contributed by atoms with E-state index in [0.717, 1.165) is 12.0 Å². The molecule has 1 rings (SSSR count). The second kappa shape index (κ2) is 8.64. The number of carbonyl (C=O) groups excluding carboxylic acids is 2. The van der Waals surface area contributed by atoms with Gasteiger partial charge in [-0.25, -0.2) is 4.79 Å². The molecule has 0 saturated heterocycles. The summed E-state index contributed by atoms with van der Waals surface area (Å²) in [5, 5.41) is 7.53. The van der Waals surface area contributed by atoms with Gasteiger partial charge in [-0.15, -0.1) is 0 Å². The lowest BCUT2D eigenvalue weighted by atomic mass is 10.1. The van der Waals surface area contributed by atoms with E-state index in [1.807, 2.05) is 50.4 Å². The molecule has 0 aliphatic heterocycles. The molecule has 0 aliphatic carbocycles. The third-order valence-electron chi connectivity index (χ3n) is 3.27. The van der Waals surface area contributed by atoms with Crippen LogP contribution in [0.25, 0.3) is 0 Å². The van der Waals surface area contributed by atoms with Crippen LogP contribution in [-0.2, 0) is 4.79 Å². The molecule has 0 fully saturated rings. The number of imide groups is 1. The largest absolute Gasteiger partial charge is 0.335 e. The molecule has 0 spiro atoms. The quantitative estimate of drug-likeness (QED) is 0.746. The molecular weight excluding hydrogens is 290 g/mol. The van der Waals surface area contributed by atoms with Crippen molar-refractivity contribution < 1.29 is 14.9 Å². The molecule has 0 unspecified atom stereocenters. The Labute approximate surface area is 130 Å². The van der Waals surface area contributed by atoms with Crippen molar-refractivity contribution in [2.75, 3.05) is 6.54 Å². The van der Waals surface area contributed by atoms with Crippen molar-refractivity contribution in [1.82, 2.24) is 10.6 Å². The first kappa shape index (κ1) is 17.5. The van der Waals surface area contributed by atoms with Crippen molar-refractivity contribution in [3.63, 3.8) is 0 Å². The molecule has 4 N–H and O–H groups in total. The molecule has 0 saturated carbocycles. The Morgan fingerprint density at radius 2 is 2.05 bits per heavy atom. The maximum Gasteiger partial charge on any atom is 0.321 e. The van der Waals surface area contributed by atoms with Crippen LogP contribution in [0.3, 0.4) is 0 Å². The highest BCUT2D eigenvalue weighted by molar-refractivity contribution is 6.30. The number of carbonyl (C=O) groups is 2. The standard InChI is InChI=1S/C15H22ClN3O2/c1-4-10(2)18-15(21)19-14(20)9-17-11(3)12-6-5-7-13(16)8-12/h5-8,10-11,17H,4,9H2,1-3H3,(H2,18,19,20,21)/p+1/t10-,11-/m0/s1. The molecule has 21 heavy (non-hydrogen) atoms. The Morgan fingerprint density at radius 1 is 1.33 bits per heavy atom. The van der Waals surface area contributed by atoms with E-state index in [-0.39, 0.29) is 24.5 Å². The smallest absolute Gasteiger partial charge is 0.321 e. The van der Waals surface area contributed by atoms with Gasteiger partial charge in [0, 0.05) is 16.6 Å². The minimum Gasteiger partial charge on any atom is -0.335 e. The summed E-state index contributed by atoms with van der Waals surface area (Å²) in [5.74, 6) is -0.315. The van der Waals surface area contributed by atoms with Gasteiger partial charge >= 0.3 is 6.03 Å². The van der Waals surface area contributed by atoms with E-state index < -0.39 is 6.03 Å². The third kappa shape index (κ3) is 6.60. The van der Waals surface area contributed by atoms with Gasteiger partial charge in [0.1, 0.15) is 6.04 Å². The highest BCUT2D eigenvalue weighted by Gasteiger charge is 2.14. The normalized spacial score (nSPS) is 13.3. The van der Waals surface area contributed by atoms with Crippen molar-refractivity contribution in [3.05, 3.63) is 34.9 Å². The number of urea groups is 1. The van der Waals surface area contributed by atoms with Crippen LogP contribution < -0.4 is 16.0 Å². The molecule has 3 amide bonds. The number of nitrogens with two attached hydrogens (primary N) is 1. The Hall–Kier alpha value is -1.59. The predicted octanol–water partition coefficient (Wildman–Crippen LogP) is 1.59. The van der Waals surface area contributed by atoms with Crippen LogP contribution in [0.4, 0.5) is 4.79 Å². The third-order valence-corrected chi connectivity index (χ3v) is 3.51. The number of nitrogens with one attached hydrogen (secondary N) is 2. The summed E-state index contributed by atoms with van der Waals surface area (Å²) in [6, 6.07) is 7.21. The van der Waals surface area contributed by atoms with E-state index in [2.05, 4.69) is 10.6 Å². The lowest BCUT2D eigenvalue weighted by Gasteiger charge is -2.13. The van der Waals surface area contributed by atoms with E-state index in [1.165, 1.54) is 0 Å². The van der Waals surface area contributed by atoms with Crippen LogP contribution >= 0.6 is 11.6 Å². The van der Waals surface area contributed by atoms with Crippen molar-refractivity contribution >= 4 is 23.5 Å². The van der Waals surface area contributed by atoms with Crippen molar-refractivity contribution in [2.45, 2.75) is 39.3 Å². The highest BCUT2D eigenvalue weighted by atomic mass is 35.5. The van der Waals surface area contributed by atoms with Crippen molar-refractivity contribution in [3.8, 4) is 0 Å². The van der Waals surface area contributed by atoms with E-state index in [9.17, 15) is 9.59 Å². The summed E-state index contributed by atoms with van der Waals surface area (Å²) in [5.41, 5.74) is 1.04. The van der Waals surface area contributed by atoms with Gasteiger partial charge in [-0.3, -0.25) is 10.1 Å². The van der Waals surface area contributed by atoms with Gasteiger partial charge < -0.3 is 10.6 Å². The van der Waals surface area contributed by atoms with Crippen LogP contribution in [-0.4, -0.2) is 24.5 Å². The van der Waals surface area contributed by atoms with Gasteiger partial charge in [0.15, 0.2) is 6.54 Å². The molecule has 0 bridgehead atoms. The maximum absolute atomic E-state index is 11.7. The number of halogens is 1. The van der Waals surface area contributed by atoms with Gasteiger partial charge in [0.25, 0.3) is 5.91 Å². The molecule has 116 valence electrons. The fraction of sp³-hybridized carbons (Fsp3) is 0.467. The number of rotatable bonds is 6. The van der Waals surface area contributed by atoms with Gasteiger partial charge in [0.05, 0.1) is 0 Å². The van der Waals surface area contributed by atoms with Crippen LogP contribution in [0.1, 0.15) is 38.8 Å². The van der Waals surface area contributed by atoms with Crippen LogP contribution in [0, 0.1) is 0 Å². The minimum absolute atomic E-state index is 0.0483. The maximum atomic E-state index is 11.7. The van der Waals surface area contributed by atoms with E-state index in [0.29, 0.717) is 5.02 Å². The monoisotopic (exact) mass is 312 g/mol. The molecule has 0 aliphatic rings. The van der Waals surface area contributed by atoms with Crippen LogP contribution in [0.15, 0.2) is 24.3 Å². The van der Waals surface area contributed by atoms with E-state index >= 15 is 0 Å². The summed E-state index contributed by atoms with van der Waals surface area (Å²) in [4.78, 5) is 23.2. The summed E-state index contributed by atoms with van der Waals surface area (Å²) in [6.45, 7) is 6.02. The molecule has 0 aromatic heterocycles. The van der Waals surface area contributed by atoms with Gasteiger partial charge in [-0.05, 0) is 32.4 Å². The van der Waals surface area contributed by atoms with Gasteiger partial charge in [-0.2, -0.15) is 0 Å². The average Bonchev–Trinajstić information content (AvgIpc) is 2.44. The SMILES string of the molecule is CC[C@H](C)NC(=O)NC(=O)C[NH2+][C@@H](C)c1cccc(Cl)c1. The molecule has 6 heteroatoms. The molecule has 2 atom stereocenters. The number of quaternary nitrogens is 1. The fourth-order valence-electron chi connectivity index (χ4n) is 1.75. The molecule has 1 aromatic rings. The Morgan fingerprint density at radius 3 is 2.67 bits per heavy atom. The summed E-state index contributed by atoms with van der Waals surface area (Å²) < 4.78 is 0. The summed E-state index contributed by atoms with van der Waals surface area (Å²) in [7, 11) is 0. The first-order chi connectivity index (χ1) is 9.92. The zero-order valence-corrected chi connectivity index (χ0v) is 13.4. The number of amides is 3. The Balaban J connectivity index is 2.37. The van der Waals surface area contributed by atoms with Crippen LogP contribution in [0.2, 0.25) is 5.02 Å². The Kier molecular flexibility index (Phi) is 7.19. The average molecular weight is 313 g/mol. The van der Waals surface area contributed by atoms with E-state index in [4.69, 9.17) is 11.6 Å². The topological polar surface area (TPSA) is 74.8 Å². The second-order valence-electron chi connectivity index (χ2n) is 5.11. The van der Waals surface area contributed by atoms with E-state index in [1.54, 1.807) is 0 Å². The summed E-state index contributed by atoms with van der Waals surface area (Å²) in [6.07, 6.45) is 0.819.